The number of pyridine rings is 1. The van der Waals surface area contributed by atoms with Crippen LogP contribution in [0.2, 0.25) is 0 Å². The van der Waals surface area contributed by atoms with E-state index in [0.717, 1.165) is 16.7 Å². The number of aromatic nitrogens is 1. The number of nitrogens with zero attached hydrogens (tertiary/aromatic N) is 2. The fourth-order valence-electron chi connectivity index (χ4n) is 2.80. The highest BCUT2D eigenvalue weighted by Gasteiger charge is 2.27. The molecule has 140 valence electrons. The van der Waals surface area contributed by atoms with E-state index in [4.69, 9.17) is 20.7 Å². The average Bonchev–Trinajstić information content (AvgIpc) is 3.08. The Balaban J connectivity index is 0.00000225. The molecular weight excluding hydrogens is 378 g/mol. The Kier molecular flexibility index (Phi) is 6.17. The van der Waals surface area contributed by atoms with Crippen molar-refractivity contribution in [3.63, 3.8) is 0 Å². The number of hydrogen-bond acceptors (Lipinski definition) is 5. The summed E-state index contributed by atoms with van der Waals surface area (Å²) in [5, 5.41) is 9.72. The Morgan fingerprint density at radius 1 is 1.14 bits per heavy atom. The molecule has 8 heteroatoms. The molecule has 0 fully saturated rings. The minimum atomic E-state index is -0.885. The van der Waals surface area contributed by atoms with Crippen LogP contribution in [0.25, 0.3) is 4.85 Å². The third kappa shape index (κ3) is 4.26. The van der Waals surface area contributed by atoms with Crippen molar-refractivity contribution in [3.8, 4) is 17.2 Å². The summed E-state index contributed by atoms with van der Waals surface area (Å²) in [6, 6.07) is 16.0. The van der Waals surface area contributed by atoms with Crippen LogP contribution in [0.3, 0.4) is 0 Å². The van der Waals surface area contributed by atoms with Crippen molar-refractivity contribution >= 4 is 30.7 Å². The molecule has 0 atom stereocenters. The molecule has 0 amide bonds. The largest absolute Gasteiger partial charge is 0.491 e. The summed E-state index contributed by atoms with van der Waals surface area (Å²) in [5.41, 5.74) is 2.87. The van der Waals surface area contributed by atoms with Crippen LogP contribution in [0, 0.1) is 6.57 Å². The van der Waals surface area contributed by atoms with Gasteiger partial charge in [0.1, 0.15) is 12.4 Å². The number of rotatable bonds is 5. The van der Waals surface area contributed by atoms with E-state index in [9.17, 15) is 5.02 Å². The van der Waals surface area contributed by atoms with E-state index in [1.165, 1.54) is 0 Å². The molecule has 1 aromatic heterocycles. The SMILES string of the molecule is Cl.[C-]#[N+]c1ccc(Oc2ccc3c(c2)COB3O)c(OCc2ccccn2)c1. The van der Waals surface area contributed by atoms with Crippen molar-refractivity contribution in [1.29, 1.82) is 0 Å². The number of benzene rings is 2. The summed E-state index contributed by atoms with van der Waals surface area (Å²) in [6.45, 7) is 7.82. The first-order valence-corrected chi connectivity index (χ1v) is 8.37. The lowest BCUT2D eigenvalue weighted by atomic mass is 9.80. The van der Waals surface area contributed by atoms with E-state index < -0.39 is 7.12 Å². The van der Waals surface area contributed by atoms with Gasteiger partial charge in [0.15, 0.2) is 17.2 Å². The molecule has 0 bridgehead atoms. The normalized spacial score (nSPS) is 11.9. The van der Waals surface area contributed by atoms with Gasteiger partial charge in [0.2, 0.25) is 0 Å². The van der Waals surface area contributed by atoms with Gasteiger partial charge in [0.05, 0.1) is 18.9 Å². The molecule has 1 N–H and O–H groups in total. The highest BCUT2D eigenvalue weighted by molar-refractivity contribution is 6.61. The molecule has 0 spiro atoms. The predicted octanol–water partition coefficient (Wildman–Crippen LogP) is 3.64. The van der Waals surface area contributed by atoms with Gasteiger partial charge >= 0.3 is 7.12 Å². The Bertz CT molecular complexity index is 1010. The van der Waals surface area contributed by atoms with E-state index in [-0.39, 0.29) is 19.0 Å². The molecule has 6 nitrogen and oxygen atoms in total. The molecule has 28 heavy (non-hydrogen) atoms. The van der Waals surface area contributed by atoms with Crippen molar-refractivity contribution in [2.24, 2.45) is 0 Å². The third-order valence-electron chi connectivity index (χ3n) is 4.16. The maximum atomic E-state index is 9.72. The van der Waals surface area contributed by atoms with Gasteiger partial charge in [-0.1, -0.05) is 18.2 Å². The van der Waals surface area contributed by atoms with Crippen LogP contribution in [-0.4, -0.2) is 17.1 Å². The van der Waals surface area contributed by atoms with E-state index in [1.54, 1.807) is 36.5 Å². The monoisotopic (exact) mass is 394 g/mol. The van der Waals surface area contributed by atoms with E-state index in [1.807, 2.05) is 24.3 Å². The molecule has 2 aromatic carbocycles. The second-order valence-electron chi connectivity index (χ2n) is 5.98. The van der Waals surface area contributed by atoms with Crippen LogP contribution in [0.5, 0.6) is 17.2 Å². The summed E-state index contributed by atoms with van der Waals surface area (Å²) < 4.78 is 17.0. The smallest absolute Gasteiger partial charge is 0.485 e. The zero-order valence-electron chi connectivity index (χ0n) is 14.7. The summed E-state index contributed by atoms with van der Waals surface area (Å²) in [5.74, 6) is 1.56. The fourth-order valence-corrected chi connectivity index (χ4v) is 2.80. The first-order valence-electron chi connectivity index (χ1n) is 8.37. The van der Waals surface area contributed by atoms with Crippen molar-refractivity contribution < 1.29 is 19.2 Å². The quantitative estimate of drug-likeness (QED) is 0.529. The van der Waals surface area contributed by atoms with Gasteiger partial charge in [0.25, 0.3) is 0 Å². The summed E-state index contributed by atoms with van der Waals surface area (Å²) in [7, 11) is -0.885. The molecular formula is C20H16BClN2O4. The average molecular weight is 395 g/mol. The van der Waals surface area contributed by atoms with Gasteiger partial charge < -0.3 is 19.2 Å². The number of hydrogen-bond donors (Lipinski definition) is 1. The maximum absolute atomic E-state index is 9.72. The molecule has 1 aliphatic rings. The second-order valence-corrected chi connectivity index (χ2v) is 5.98. The lowest BCUT2D eigenvalue weighted by molar-refractivity contribution is 0.275. The summed E-state index contributed by atoms with van der Waals surface area (Å²) >= 11 is 0. The Morgan fingerprint density at radius 3 is 2.82 bits per heavy atom. The second kappa shape index (κ2) is 8.76. The lowest BCUT2D eigenvalue weighted by Crippen LogP contribution is -2.27. The maximum Gasteiger partial charge on any atom is 0.491 e. The highest BCUT2D eigenvalue weighted by atomic mass is 35.5. The third-order valence-corrected chi connectivity index (χ3v) is 4.16. The lowest BCUT2D eigenvalue weighted by Gasteiger charge is -2.13. The predicted molar refractivity (Wildman–Crippen MR) is 107 cm³/mol. The van der Waals surface area contributed by atoms with Crippen molar-refractivity contribution in [2.45, 2.75) is 13.2 Å². The van der Waals surface area contributed by atoms with Crippen molar-refractivity contribution in [1.82, 2.24) is 4.98 Å². The van der Waals surface area contributed by atoms with Gasteiger partial charge in [0, 0.05) is 6.20 Å². The van der Waals surface area contributed by atoms with Crippen LogP contribution >= 0.6 is 12.4 Å². The Morgan fingerprint density at radius 2 is 2.04 bits per heavy atom. The first-order chi connectivity index (χ1) is 13.2. The molecule has 0 saturated carbocycles. The number of fused-ring (bicyclic) bond motifs is 1. The zero-order valence-corrected chi connectivity index (χ0v) is 15.6. The van der Waals surface area contributed by atoms with E-state index in [0.29, 0.717) is 29.5 Å². The van der Waals surface area contributed by atoms with Gasteiger partial charge in [-0.05, 0) is 47.4 Å². The summed E-state index contributed by atoms with van der Waals surface area (Å²) in [4.78, 5) is 7.68. The van der Waals surface area contributed by atoms with Crippen LogP contribution < -0.4 is 14.9 Å². The molecule has 0 unspecified atom stereocenters. The van der Waals surface area contributed by atoms with Crippen LogP contribution in [0.1, 0.15) is 11.3 Å². The van der Waals surface area contributed by atoms with Crippen LogP contribution in [-0.2, 0) is 17.9 Å². The van der Waals surface area contributed by atoms with Crippen molar-refractivity contribution in [2.75, 3.05) is 0 Å². The van der Waals surface area contributed by atoms with Crippen molar-refractivity contribution in [3.05, 3.63) is 83.5 Å². The summed E-state index contributed by atoms with van der Waals surface area (Å²) in [6.07, 6.45) is 1.70. The van der Waals surface area contributed by atoms with Gasteiger partial charge in [-0.25, -0.2) is 4.85 Å². The van der Waals surface area contributed by atoms with Gasteiger partial charge in [-0.15, -0.1) is 12.4 Å². The minimum absolute atomic E-state index is 0. The van der Waals surface area contributed by atoms with Gasteiger partial charge in [-0.3, -0.25) is 4.98 Å². The van der Waals surface area contributed by atoms with Crippen LogP contribution in [0.15, 0.2) is 60.8 Å². The Labute approximate surface area is 169 Å². The minimum Gasteiger partial charge on any atom is -0.485 e. The molecule has 1 aliphatic heterocycles. The fraction of sp³-hybridized carbons (Fsp3) is 0.100. The van der Waals surface area contributed by atoms with Gasteiger partial charge in [-0.2, -0.15) is 0 Å². The van der Waals surface area contributed by atoms with E-state index >= 15 is 0 Å². The van der Waals surface area contributed by atoms with E-state index in [2.05, 4.69) is 9.83 Å². The highest BCUT2D eigenvalue weighted by Crippen LogP contribution is 2.35. The molecule has 0 aliphatic carbocycles. The topological polar surface area (TPSA) is 65.2 Å². The number of ether oxygens (including phenoxy) is 2. The molecule has 2 heterocycles. The zero-order chi connectivity index (χ0) is 18.6. The molecule has 0 radical (unpaired) electrons. The molecule has 0 saturated heterocycles. The molecule has 4 rings (SSSR count). The van der Waals surface area contributed by atoms with Crippen LogP contribution in [0.4, 0.5) is 5.69 Å². The first kappa shape index (κ1) is 19.7. The number of halogens is 1. The molecule has 3 aromatic rings. The standard InChI is InChI=1S/C20H15BN2O4.ClH/c1-22-15-5-8-19(20(11-15)25-13-16-4-2-3-9-23-16)27-17-6-7-18-14(10-17)12-26-21(18)24;/h2-11,24H,12-13H2;1H. The Hall–Kier alpha value is -3.05.